The van der Waals surface area contributed by atoms with Crippen LogP contribution in [0.15, 0.2) is 128 Å². The van der Waals surface area contributed by atoms with Crippen molar-refractivity contribution >= 4 is 127 Å². The van der Waals surface area contributed by atoms with E-state index in [0.29, 0.717) is 73.2 Å². The third kappa shape index (κ3) is 17.5. The number of nitrogens with zero attached hydrogens (tertiary/aromatic N) is 8. The number of carbonyl (C=O) groups is 4. The maximum atomic E-state index is 14.6. The molecule has 0 atom stereocenters. The van der Waals surface area contributed by atoms with Gasteiger partial charge in [0.25, 0.3) is 17.7 Å². The van der Waals surface area contributed by atoms with Crippen LogP contribution in [-0.2, 0) is 80.8 Å². The molecule has 0 spiro atoms. The van der Waals surface area contributed by atoms with Gasteiger partial charge in [0.1, 0.15) is 64.5 Å². The van der Waals surface area contributed by atoms with Crippen molar-refractivity contribution in [1.82, 2.24) is 30.1 Å². The molecular weight excluding hydrogens is 1540 g/mol. The van der Waals surface area contributed by atoms with E-state index in [1.54, 1.807) is 68.9 Å². The third-order valence-corrected chi connectivity index (χ3v) is 21.3. The molecule has 564 valence electrons. The van der Waals surface area contributed by atoms with E-state index in [0.717, 1.165) is 56.4 Å². The van der Waals surface area contributed by atoms with Gasteiger partial charge in [-0.05, 0) is 83.9 Å². The molecule has 3 aliphatic heterocycles. The van der Waals surface area contributed by atoms with Crippen molar-refractivity contribution in [2.24, 2.45) is 0 Å². The van der Waals surface area contributed by atoms with Crippen LogP contribution in [-0.4, -0.2) is 139 Å². The fraction of sp³-hybridized carbons (Fsp3) is 0.225. The standard InChI is InChI=1S/C28H24ClF2N3O5S.C21H21N3O5S.C20H16ClF2N3O4S.C2HF3O.Na.H/c1-33(40(3,36)37)26-19-5-4-10-32-25(19)27(39-15-16-6-8-18(38-2)9-7-16)24-20(26)14-34(28(24)35)13-17-11-21(29)23(31)12-22(17)30;1-24(30(3,26)27)19-15-5-4-10-22-18(15)20(17-16(19)11-23-21(17)25)29-12-13-6-8-14(28-2)9-7-13;1-25(31(2,29)30)18-11-4-3-5-24-17(11)19(27)16-12(18)9-26(20(16)28)8-10-6-13(21)15(23)7-14(10)22;3-2(4,5)1-6;;/h4-12H,13-15H2,1-3H3;4-10H,11-12H2,1-3H3,(H,23,25);3-7,27H,8-9H2,1-2H3;1H;;/q;;;;+1;-1. The zero-order valence-electron chi connectivity index (χ0n) is 59.5. The van der Waals surface area contributed by atoms with Crippen LogP contribution in [0.4, 0.5) is 47.8 Å². The molecule has 0 fully saturated rings. The number of sulfonamides is 3. The SMILES string of the molecule is CN(c1c2c(c(O)c3ncccc13)C(=O)N(Cc1cc(Cl)c(F)cc1F)C2)S(C)(=O)=O.COc1ccc(COc2c3c(c(N(C)S(C)(=O)=O)c4cccnc24)CN(Cc2cc(Cl)c(F)cc2F)C3=O)cc1.COc1ccc(COc2c3c(c(N(C)S(C)(=O)=O)c4cccnc24)CNC3=O)cc1.O=CC(F)(F)F.[H-].[Na+]. The van der Waals surface area contributed by atoms with Gasteiger partial charge in [0.05, 0.1) is 76.8 Å². The number of amides is 3. The molecule has 108 heavy (non-hydrogen) atoms. The number of aldehydes is 1. The number of rotatable bonds is 18. The van der Waals surface area contributed by atoms with Crippen LogP contribution in [0.3, 0.4) is 0 Å². The Morgan fingerprint density at radius 3 is 1.29 bits per heavy atom. The molecule has 13 rings (SSSR count). The molecule has 3 aliphatic rings. The number of alkyl halides is 3. The molecule has 0 unspecified atom stereocenters. The smallest absolute Gasteiger partial charge is 1.00 e. The van der Waals surface area contributed by atoms with Crippen LogP contribution >= 0.6 is 23.2 Å². The fourth-order valence-corrected chi connectivity index (χ4v) is 13.9. The summed E-state index contributed by atoms with van der Waals surface area (Å²) in [4.78, 5) is 63.8. The predicted octanol–water partition coefficient (Wildman–Crippen LogP) is 9.06. The van der Waals surface area contributed by atoms with Crippen molar-refractivity contribution in [1.29, 1.82) is 0 Å². The Bertz CT molecular complexity index is 5600. The Morgan fingerprint density at radius 1 is 0.556 bits per heavy atom. The minimum absolute atomic E-state index is 0. The van der Waals surface area contributed by atoms with Crippen LogP contribution in [0.25, 0.3) is 32.7 Å². The van der Waals surface area contributed by atoms with E-state index in [-0.39, 0.29) is 149 Å². The predicted molar refractivity (Wildman–Crippen MR) is 386 cm³/mol. The minimum atomic E-state index is -4.64. The van der Waals surface area contributed by atoms with Crippen LogP contribution in [0.5, 0.6) is 28.7 Å². The number of methoxy groups -OCH3 is 2. The molecule has 24 nitrogen and oxygen atoms in total. The summed E-state index contributed by atoms with van der Waals surface area (Å²) in [6.45, 7) is -0.131. The molecular formula is C71H63Cl2F7N9NaO15S3. The van der Waals surface area contributed by atoms with E-state index < -0.39 is 77.6 Å². The zero-order valence-corrected chi connectivity index (χ0v) is 64.5. The number of halogens is 9. The van der Waals surface area contributed by atoms with Crippen LogP contribution in [0.2, 0.25) is 10.0 Å². The molecule has 0 bridgehead atoms. The van der Waals surface area contributed by atoms with Crippen molar-refractivity contribution < 1.29 is 130 Å². The second-order valence-corrected chi connectivity index (χ2v) is 31.0. The molecule has 7 aromatic carbocycles. The molecule has 2 N–H and O–H groups in total. The molecule has 3 amide bonds. The number of phenolic OH excluding ortho intramolecular Hbond substituents is 1. The summed E-state index contributed by atoms with van der Waals surface area (Å²) in [6, 6.07) is 28.1. The van der Waals surface area contributed by atoms with Gasteiger partial charge in [-0.15, -0.1) is 0 Å². The number of nitrogens with one attached hydrogen (secondary N) is 1. The normalized spacial score (nSPS) is 13.0. The number of ether oxygens (including phenoxy) is 4. The van der Waals surface area contributed by atoms with Gasteiger partial charge in [-0.3, -0.25) is 47.0 Å². The van der Waals surface area contributed by atoms with Gasteiger partial charge in [-0.25, -0.2) is 42.8 Å². The minimum Gasteiger partial charge on any atom is -1.00 e. The number of carbonyl (C=O) groups excluding carboxylic acids is 4. The summed E-state index contributed by atoms with van der Waals surface area (Å²) in [5.74, 6) is -3.51. The largest absolute Gasteiger partial charge is 1.00 e. The van der Waals surface area contributed by atoms with Gasteiger partial charge >= 0.3 is 35.7 Å². The first-order valence-corrected chi connectivity index (χ1v) is 37.7. The number of anilines is 3. The third-order valence-electron chi connectivity index (χ3n) is 17.2. The summed E-state index contributed by atoms with van der Waals surface area (Å²) < 4.78 is 188. The molecule has 3 aromatic heterocycles. The monoisotopic (exact) mass is 1600 g/mol. The van der Waals surface area contributed by atoms with E-state index >= 15 is 0 Å². The van der Waals surface area contributed by atoms with E-state index in [2.05, 4.69) is 20.3 Å². The van der Waals surface area contributed by atoms with Crippen molar-refractivity contribution in [3.05, 3.63) is 217 Å². The fourth-order valence-electron chi connectivity index (χ4n) is 11.9. The number of aromatic nitrogens is 3. The molecule has 6 heterocycles. The van der Waals surface area contributed by atoms with E-state index in [1.165, 1.54) is 47.6 Å². The van der Waals surface area contributed by atoms with Crippen molar-refractivity contribution in [2.45, 2.75) is 52.1 Å². The maximum Gasteiger partial charge on any atom is 1.00 e. The molecule has 10 aromatic rings. The summed E-state index contributed by atoms with van der Waals surface area (Å²) in [5, 5.41) is 14.4. The summed E-state index contributed by atoms with van der Waals surface area (Å²) in [7, 11) is -3.66. The molecule has 37 heteroatoms. The topological polar surface area (TPSA) is 295 Å². The molecule has 0 radical (unpaired) electrons. The number of hydrogen-bond donors (Lipinski definition) is 2. The zero-order chi connectivity index (χ0) is 78.1. The van der Waals surface area contributed by atoms with Gasteiger partial charge in [-0.1, -0.05) is 47.5 Å². The Morgan fingerprint density at radius 2 is 0.907 bits per heavy atom. The van der Waals surface area contributed by atoms with Crippen molar-refractivity contribution in [3.63, 3.8) is 0 Å². The van der Waals surface area contributed by atoms with Gasteiger partial charge in [0.2, 0.25) is 36.4 Å². The summed E-state index contributed by atoms with van der Waals surface area (Å²) in [6.07, 6.45) is 2.01. The summed E-state index contributed by atoms with van der Waals surface area (Å²) >= 11 is 11.6. The summed E-state index contributed by atoms with van der Waals surface area (Å²) in [5.41, 5.74) is 4.95. The average Bonchev–Trinajstić information content (AvgIpc) is 1.58. The quantitative estimate of drug-likeness (QED) is 0.0350. The maximum absolute atomic E-state index is 14.6. The second-order valence-electron chi connectivity index (χ2n) is 24.2. The van der Waals surface area contributed by atoms with Crippen LogP contribution in [0, 0.1) is 23.3 Å². The van der Waals surface area contributed by atoms with Crippen LogP contribution < -0.4 is 66.7 Å². The van der Waals surface area contributed by atoms with Crippen molar-refractivity contribution in [2.75, 3.05) is 67.0 Å². The Labute approximate surface area is 647 Å². The number of fused-ring (bicyclic) bond motifs is 6. The first kappa shape index (κ1) is 82.3. The van der Waals surface area contributed by atoms with Crippen molar-refractivity contribution in [3.8, 4) is 28.7 Å². The number of benzene rings is 7. The van der Waals surface area contributed by atoms with Crippen LogP contribution in [0.1, 0.15) is 71.4 Å². The Balaban J connectivity index is 0.000000198. The molecule has 0 saturated carbocycles. The first-order valence-electron chi connectivity index (χ1n) is 31.4. The number of phenols is 1. The Kier molecular flexibility index (Phi) is 25.1. The molecule has 0 aliphatic carbocycles. The second kappa shape index (κ2) is 33.0. The molecule has 0 saturated heterocycles. The first-order chi connectivity index (χ1) is 50.4. The van der Waals surface area contributed by atoms with Gasteiger partial charge in [0.15, 0.2) is 17.2 Å². The van der Waals surface area contributed by atoms with E-state index in [9.17, 15) is 75.5 Å². The van der Waals surface area contributed by atoms with Gasteiger partial charge in [0, 0.05) is 129 Å². The number of hydrogen-bond acceptors (Lipinski definition) is 18. The van der Waals surface area contributed by atoms with Gasteiger partial charge < -0.3 is 40.6 Å². The Hall–Kier alpha value is -9.81. The van der Waals surface area contributed by atoms with E-state index in [4.69, 9.17) is 46.9 Å². The number of pyridine rings is 3. The van der Waals surface area contributed by atoms with E-state index in [1.807, 2.05) is 36.4 Å². The average molecular weight is 1610 g/mol. The van der Waals surface area contributed by atoms with Gasteiger partial charge in [-0.2, -0.15) is 13.2 Å². The number of aromatic hydroxyl groups is 1.